The van der Waals surface area contributed by atoms with Crippen molar-refractivity contribution in [2.45, 2.75) is 31.2 Å². The van der Waals surface area contributed by atoms with Crippen LogP contribution in [-0.2, 0) is 0 Å². The predicted octanol–water partition coefficient (Wildman–Crippen LogP) is 2.54. The van der Waals surface area contributed by atoms with Crippen molar-refractivity contribution in [3.8, 4) is 0 Å². The molecular weight excluding hydrogens is 164 g/mol. The molecule has 0 heterocycles. The quantitative estimate of drug-likeness (QED) is 0.440. The largest absolute Gasteiger partial charge is 0.107 e. The molecule has 0 N–H and O–H groups in total. The lowest BCUT2D eigenvalue weighted by Crippen LogP contribution is -2.18. The summed E-state index contributed by atoms with van der Waals surface area (Å²) in [6, 6.07) is 2.69. The molecule has 0 aliphatic carbocycles. The second-order valence-corrected chi connectivity index (χ2v) is 10.6. The fourth-order valence-corrected chi connectivity index (χ4v) is 9.24. The van der Waals surface area contributed by atoms with Crippen LogP contribution in [0.25, 0.3) is 0 Å². The highest BCUT2D eigenvalue weighted by molar-refractivity contribution is 6.79. The van der Waals surface area contributed by atoms with Gasteiger partial charge in [-0.25, -0.2) is 0 Å². The Hall–Kier alpha value is -0.0862. The minimum atomic E-state index is -0.504. The molecule has 0 bridgehead atoms. The van der Waals surface area contributed by atoms with Crippen LogP contribution in [0.4, 0.5) is 0 Å². The minimum absolute atomic E-state index is 0.423. The normalized spacial score (nSPS) is 15.5. The molecule has 0 rings (SSSR count). The summed E-state index contributed by atoms with van der Waals surface area (Å²) in [6.45, 7) is 12.4. The van der Waals surface area contributed by atoms with Crippen molar-refractivity contribution in [2.75, 3.05) is 0 Å². The van der Waals surface area contributed by atoms with E-state index >= 15 is 0 Å². The first kappa shape index (κ1) is 10.9. The van der Waals surface area contributed by atoms with Crippen molar-refractivity contribution in [1.82, 2.24) is 0 Å². The van der Waals surface area contributed by atoms with Crippen molar-refractivity contribution in [3.05, 3.63) is 24.9 Å². The van der Waals surface area contributed by atoms with Gasteiger partial charge in [-0.1, -0.05) is 31.3 Å². The molecule has 0 spiro atoms. The molecule has 2 unspecified atom stereocenters. The van der Waals surface area contributed by atoms with E-state index in [4.69, 9.17) is 0 Å². The van der Waals surface area contributed by atoms with Gasteiger partial charge in [-0.05, 0) is 6.04 Å². The first-order valence-electron chi connectivity index (χ1n) is 4.48. The first-order valence-corrected chi connectivity index (χ1v) is 9.56. The van der Waals surface area contributed by atoms with E-state index in [1.165, 1.54) is 17.8 Å². The molecule has 0 amide bonds. The van der Waals surface area contributed by atoms with Crippen LogP contribution < -0.4 is 0 Å². The second kappa shape index (κ2) is 6.61. The van der Waals surface area contributed by atoms with Gasteiger partial charge in [0.05, 0.1) is 8.80 Å². The smallest absolute Gasteiger partial charge is 0.0576 e. The molecule has 0 radical (unpaired) electrons. The molecule has 0 aromatic carbocycles. The molecule has 0 fully saturated rings. The third kappa shape index (κ3) is 5.21. The highest BCUT2D eigenvalue weighted by Crippen LogP contribution is 2.07. The van der Waals surface area contributed by atoms with Crippen molar-refractivity contribution in [2.24, 2.45) is 0 Å². The summed E-state index contributed by atoms with van der Waals surface area (Å²) in [5.41, 5.74) is 3.78. The number of allylic oxidation sites excluding steroid dienone is 1. The van der Waals surface area contributed by atoms with Crippen LogP contribution in [-0.4, -0.2) is 17.6 Å². The Morgan fingerprint density at radius 3 is 2.36 bits per heavy atom. The lowest BCUT2D eigenvalue weighted by atomic mass is 10.8. The summed E-state index contributed by atoms with van der Waals surface area (Å²) in [5.74, 6) is 0. The third-order valence-electron chi connectivity index (χ3n) is 2.13. The molecule has 0 nitrogen and oxygen atoms in total. The Labute approximate surface area is 74.2 Å². The summed E-state index contributed by atoms with van der Waals surface area (Å²) in [5, 5.41) is 0. The van der Waals surface area contributed by atoms with Crippen molar-refractivity contribution in [1.29, 1.82) is 0 Å². The fraction of sp³-hybridized carbons (Fsp3) is 0.556. The van der Waals surface area contributed by atoms with E-state index in [2.05, 4.69) is 38.4 Å². The average molecular weight is 184 g/mol. The second-order valence-electron chi connectivity index (χ2n) is 3.27. The molecular formula is C9H20Si2. The number of rotatable bonds is 6. The van der Waals surface area contributed by atoms with Gasteiger partial charge in [-0.15, -0.1) is 18.9 Å². The lowest BCUT2D eigenvalue weighted by Gasteiger charge is -2.11. The zero-order valence-electron chi connectivity index (χ0n) is 7.84. The maximum Gasteiger partial charge on any atom is 0.0576 e. The Morgan fingerprint density at radius 1 is 1.36 bits per heavy atom. The van der Waals surface area contributed by atoms with E-state index in [1.807, 2.05) is 0 Å². The van der Waals surface area contributed by atoms with E-state index in [0.717, 1.165) is 0 Å². The molecule has 0 saturated heterocycles. The molecule has 2 atom stereocenters. The van der Waals surface area contributed by atoms with E-state index < -0.39 is 17.6 Å². The van der Waals surface area contributed by atoms with Crippen molar-refractivity contribution < 1.29 is 0 Å². The van der Waals surface area contributed by atoms with Crippen LogP contribution in [0.3, 0.4) is 0 Å². The molecule has 0 saturated carbocycles. The zero-order valence-corrected chi connectivity index (χ0v) is 10.2. The Morgan fingerprint density at radius 2 is 2.00 bits per heavy atom. The van der Waals surface area contributed by atoms with E-state index in [0.29, 0.717) is 0 Å². The zero-order chi connectivity index (χ0) is 8.69. The van der Waals surface area contributed by atoms with Crippen LogP contribution in [0.15, 0.2) is 24.9 Å². The van der Waals surface area contributed by atoms with E-state index in [-0.39, 0.29) is 0 Å². The van der Waals surface area contributed by atoms with Gasteiger partial charge < -0.3 is 0 Å². The van der Waals surface area contributed by atoms with E-state index in [1.54, 1.807) is 0 Å². The van der Waals surface area contributed by atoms with Gasteiger partial charge >= 0.3 is 0 Å². The van der Waals surface area contributed by atoms with Crippen LogP contribution in [0, 0.1) is 0 Å². The first-order chi connectivity index (χ1) is 5.24. The molecule has 64 valence electrons. The molecule has 0 aromatic heterocycles. The summed E-state index contributed by atoms with van der Waals surface area (Å²) >= 11 is 0. The highest BCUT2D eigenvalue weighted by atomic mass is 28.3. The van der Waals surface area contributed by atoms with Crippen molar-refractivity contribution >= 4 is 17.6 Å². The number of hydrogen-bond donors (Lipinski definition) is 0. The lowest BCUT2D eigenvalue weighted by molar-refractivity contribution is 1.40. The van der Waals surface area contributed by atoms with Gasteiger partial charge in [-0.3, -0.25) is 0 Å². The maximum absolute atomic E-state index is 3.90. The summed E-state index contributed by atoms with van der Waals surface area (Å²) < 4.78 is 0. The molecule has 0 aromatic rings. The predicted molar refractivity (Wildman–Crippen MR) is 60.7 cm³/mol. The third-order valence-corrected chi connectivity index (χ3v) is 10.6. The van der Waals surface area contributed by atoms with Gasteiger partial charge in [0.2, 0.25) is 0 Å². The van der Waals surface area contributed by atoms with E-state index in [9.17, 15) is 0 Å². The SMILES string of the molecule is C=CC[SiH](C)C[SiH](C=C)CC. The van der Waals surface area contributed by atoms with Gasteiger partial charge in [0.1, 0.15) is 0 Å². The fourth-order valence-electron chi connectivity index (χ4n) is 1.33. The molecule has 0 aliphatic heterocycles. The average Bonchev–Trinajstić information content (AvgIpc) is 2.01. The Bertz CT molecular complexity index is 121. The van der Waals surface area contributed by atoms with Gasteiger partial charge in [-0.2, -0.15) is 0 Å². The number of hydrogen-bond acceptors (Lipinski definition) is 0. The summed E-state index contributed by atoms with van der Waals surface area (Å²) in [4.78, 5) is 0. The highest BCUT2D eigenvalue weighted by Gasteiger charge is 2.08. The van der Waals surface area contributed by atoms with Crippen LogP contribution >= 0.6 is 0 Å². The van der Waals surface area contributed by atoms with Gasteiger partial charge in [0, 0.05) is 8.80 Å². The molecule has 11 heavy (non-hydrogen) atoms. The summed E-state index contributed by atoms with van der Waals surface area (Å²) in [6.07, 6.45) is 2.08. The van der Waals surface area contributed by atoms with Crippen molar-refractivity contribution in [3.63, 3.8) is 0 Å². The maximum atomic E-state index is 3.90. The van der Waals surface area contributed by atoms with Crippen LogP contribution in [0.2, 0.25) is 24.3 Å². The van der Waals surface area contributed by atoms with Gasteiger partial charge in [0.25, 0.3) is 0 Å². The van der Waals surface area contributed by atoms with Gasteiger partial charge in [0.15, 0.2) is 0 Å². The monoisotopic (exact) mass is 184 g/mol. The summed E-state index contributed by atoms with van der Waals surface area (Å²) in [7, 11) is -0.927. The minimum Gasteiger partial charge on any atom is -0.107 e. The molecule has 2 heteroatoms. The Balaban J connectivity index is 3.60. The standard InChI is InChI=1S/C9H20Si2/c1-5-8-10(4)9-11(6-2)7-3/h5-6,10-11H,1-2,7-9H2,3-4H3. The Kier molecular flexibility index (Phi) is 6.56. The van der Waals surface area contributed by atoms with Crippen LogP contribution in [0.5, 0.6) is 0 Å². The topological polar surface area (TPSA) is 0 Å². The molecule has 0 aliphatic rings. The van der Waals surface area contributed by atoms with Crippen LogP contribution in [0.1, 0.15) is 6.92 Å².